The van der Waals surface area contributed by atoms with Crippen LogP contribution in [0.25, 0.3) is 55.6 Å². The second-order valence-corrected chi connectivity index (χ2v) is 8.98. The Morgan fingerprint density at radius 1 is 0.194 bits per heavy atom. The molecule has 0 saturated carbocycles. The number of rotatable bonds is 5. The molecule has 0 bridgehead atoms. The highest BCUT2D eigenvalue weighted by molar-refractivity contribution is 5.95. The Hall–Kier alpha value is -4.68. The second kappa shape index (κ2) is 9.90. The lowest BCUT2D eigenvalue weighted by molar-refractivity contribution is 1.55. The summed E-state index contributed by atoms with van der Waals surface area (Å²) in [4.78, 5) is 0. The minimum atomic E-state index is 1.22. The van der Waals surface area contributed by atoms with Crippen LogP contribution in [0.5, 0.6) is 0 Å². The van der Waals surface area contributed by atoms with E-state index in [0.29, 0.717) is 0 Å². The molecule has 170 valence electrons. The summed E-state index contributed by atoms with van der Waals surface area (Å²) in [5, 5.41) is 0. The van der Waals surface area contributed by atoms with Crippen molar-refractivity contribution in [3.63, 3.8) is 0 Å². The zero-order valence-corrected chi connectivity index (χ0v) is 20.0. The van der Waals surface area contributed by atoms with Crippen molar-refractivity contribution < 1.29 is 0 Å². The van der Waals surface area contributed by atoms with Crippen molar-refractivity contribution in [3.05, 3.63) is 158 Å². The smallest absolute Gasteiger partial charge is 0.00268 e. The van der Waals surface area contributed by atoms with Crippen molar-refractivity contribution >= 4 is 0 Å². The van der Waals surface area contributed by atoms with Gasteiger partial charge in [0, 0.05) is 0 Å². The zero-order valence-electron chi connectivity index (χ0n) is 20.0. The standard InChI is InChI=1S/C36H26/c1-4-11-27(12-5-1)29-19-23-31(24-20-29)34-17-10-18-35(36(34)33-15-8-3-9-16-33)32-25-21-30(22-26-32)28-13-6-2-7-14-28/h1-26H. The van der Waals surface area contributed by atoms with Gasteiger partial charge in [-0.05, 0) is 55.6 Å². The summed E-state index contributed by atoms with van der Waals surface area (Å²) in [6, 6.07) is 56.3. The van der Waals surface area contributed by atoms with Gasteiger partial charge in [-0.3, -0.25) is 0 Å². The van der Waals surface area contributed by atoms with Crippen LogP contribution in [0, 0.1) is 0 Å². The molecule has 0 aliphatic heterocycles. The van der Waals surface area contributed by atoms with E-state index in [1.807, 2.05) is 0 Å². The van der Waals surface area contributed by atoms with Gasteiger partial charge in [0.15, 0.2) is 0 Å². The fraction of sp³-hybridized carbons (Fsp3) is 0. The lowest BCUT2D eigenvalue weighted by Crippen LogP contribution is -1.91. The van der Waals surface area contributed by atoms with Gasteiger partial charge < -0.3 is 0 Å². The minimum absolute atomic E-state index is 1.22. The Morgan fingerprint density at radius 3 is 0.889 bits per heavy atom. The highest BCUT2D eigenvalue weighted by Crippen LogP contribution is 2.40. The topological polar surface area (TPSA) is 0 Å². The molecule has 6 aromatic carbocycles. The van der Waals surface area contributed by atoms with Gasteiger partial charge in [0.05, 0.1) is 0 Å². The van der Waals surface area contributed by atoms with Crippen LogP contribution in [0.3, 0.4) is 0 Å². The third-order valence-electron chi connectivity index (χ3n) is 6.73. The Kier molecular flexibility index (Phi) is 6.00. The van der Waals surface area contributed by atoms with Crippen LogP contribution < -0.4 is 0 Å². The maximum atomic E-state index is 2.24. The summed E-state index contributed by atoms with van der Waals surface area (Å²) in [6.45, 7) is 0. The van der Waals surface area contributed by atoms with Crippen LogP contribution in [0.2, 0.25) is 0 Å². The van der Waals surface area contributed by atoms with Crippen LogP contribution in [-0.2, 0) is 0 Å². The van der Waals surface area contributed by atoms with Gasteiger partial charge in [0.25, 0.3) is 0 Å². The third kappa shape index (κ3) is 4.37. The number of benzene rings is 6. The maximum absolute atomic E-state index is 2.24. The Balaban J connectivity index is 1.46. The molecule has 0 amide bonds. The minimum Gasteiger partial charge on any atom is -0.0622 e. The summed E-state index contributed by atoms with van der Waals surface area (Å²) < 4.78 is 0. The summed E-state index contributed by atoms with van der Waals surface area (Å²) in [5.74, 6) is 0. The third-order valence-corrected chi connectivity index (χ3v) is 6.73. The Bertz CT molecular complexity index is 1460. The molecule has 0 aliphatic rings. The molecule has 6 aromatic rings. The molecule has 0 nitrogen and oxygen atoms in total. The van der Waals surface area contributed by atoms with E-state index >= 15 is 0 Å². The largest absolute Gasteiger partial charge is 0.0622 e. The van der Waals surface area contributed by atoms with Gasteiger partial charge in [-0.1, -0.05) is 158 Å². The van der Waals surface area contributed by atoms with Crippen LogP contribution in [0.1, 0.15) is 0 Å². The highest BCUT2D eigenvalue weighted by atomic mass is 14.2. The summed E-state index contributed by atoms with van der Waals surface area (Å²) in [7, 11) is 0. The first-order valence-corrected chi connectivity index (χ1v) is 12.4. The van der Waals surface area contributed by atoms with Crippen LogP contribution in [-0.4, -0.2) is 0 Å². The van der Waals surface area contributed by atoms with E-state index in [2.05, 4.69) is 158 Å². The molecule has 36 heavy (non-hydrogen) atoms. The molecule has 0 unspecified atom stereocenters. The first-order valence-electron chi connectivity index (χ1n) is 12.4. The fourth-order valence-corrected chi connectivity index (χ4v) is 4.89. The van der Waals surface area contributed by atoms with E-state index in [-0.39, 0.29) is 0 Å². The van der Waals surface area contributed by atoms with Crippen molar-refractivity contribution in [1.82, 2.24) is 0 Å². The van der Waals surface area contributed by atoms with Gasteiger partial charge >= 0.3 is 0 Å². The van der Waals surface area contributed by atoms with Crippen LogP contribution in [0.15, 0.2) is 158 Å². The lowest BCUT2D eigenvalue weighted by atomic mass is 9.87. The van der Waals surface area contributed by atoms with E-state index in [1.165, 1.54) is 55.6 Å². The summed E-state index contributed by atoms with van der Waals surface area (Å²) in [5.41, 5.74) is 12.3. The Labute approximate surface area is 213 Å². The predicted molar refractivity (Wildman–Crippen MR) is 154 cm³/mol. The van der Waals surface area contributed by atoms with Gasteiger partial charge in [-0.15, -0.1) is 0 Å². The van der Waals surface area contributed by atoms with Gasteiger partial charge in [0.1, 0.15) is 0 Å². The van der Waals surface area contributed by atoms with Gasteiger partial charge in [-0.2, -0.15) is 0 Å². The van der Waals surface area contributed by atoms with Crippen LogP contribution >= 0.6 is 0 Å². The lowest BCUT2D eigenvalue weighted by Gasteiger charge is -2.17. The highest BCUT2D eigenvalue weighted by Gasteiger charge is 2.14. The van der Waals surface area contributed by atoms with E-state index in [1.54, 1.807) is 0 Å². The maximum Gasteiger partial charge on any atom is -0.00268 e. The molecular formula is C36H26. The predicted octanol–water partition coefficient (Wildman–Crippen LogP) is 10.0. The number of hydrogen-bond acceptors (Lipinski definition) is 0. The van der Waals surface area contributed by atoms with E-state index in [4.69, 9.17) is 0 Å². The van der Waals surface area contributed by atoms with Crippen LogP contribution in [0.4, 0.5) is 0 Å². The van der Waals surface area contributed by atoms with Crippen molar-refractivity contribution in [3.8, 4) is 55.6 Å². The SMILES string of the molecule is c1ccc(-c2ccc(-c3cccc(-c4ccc(-c5ccccc5)cc4)c3-c3ccccc3)cc2)cc1. The molecule has 0 N–H and O–H groups in total. The van der Waals surface area contributed by atoms with E-state index < -0.39 is 0 Å². The van der Waals surface area contributed by atoms with Crippen molar-refractivity contribution in [2.45, 2.75) is 0 Å². The summed E-state index contributed by atoms with van der Waals surface area (Å²) in [6.07, 6.45) is 0. The molecule has 0 atom stereocenters. The molecule has 0 fully saturated rings. The molecule has 6 rings (SSSR count). The molecule has 0 aliphatic carbocycles. The molecule has 0 heterocycles. The van der Waals surface area contributed by atoms with E-state index in [0.717, 1.165) is 0 Å². The average molecular weight is 459 g/mol. The average Bonchev–Trinajstić information content (AvgIpc) is 2.98. The van der Waals surface area contributed by atoms with Gasteiger partial charge in [-0.25, -0.2) is 0 Å². The zero-order chi connectivity index (χ0) is 24.2. The molecule has 0 aromatic heterocycles. The summed E-state index contributed by atoms with van der Waals surface area (Å²) >= 11 is 0. The van der Waals surface area contributed by atoms with Crippen molar-refractivity contribution in [2.24, 2.45) is 0 Å². The molecular weight excluding hydrogens is 432 g/mol. The second-order valence-electron chi connectivity index (χ2n) is 8.98. The molecule has 0 radical (unpaired) electrons. The molecule has 0 heteroatoms. The quantitative estimate of drug-likeness (QED) is 0.241. The normalized spacial score (nSPS) is 10.8. The fourth-order valence-electron chi connectivity index (χ4n) is 4.89. The monoisotopic (exact) mass is 458 g/mol. The molecule has 0 spiro atoms. The van der Waals surface area contributed by atoms with Gasteiger partial charge in [0.2, 0.25) is 0 Å². The molecule has 0 saturated heterocycles. The first kappa shape index (κ1) is 21.8. The first-order chi connectivity index (χ1) is 17.9. The number of hydrogen-bond donors (Lipinski definition) is 0. The Morgan fingerprint density at radius 2 is 0.500 bits per heavy atom. The van der Waals surface area contributed by atoms with E-state index in [9.17, 15) is 0 Å². The van der Waals surface area contributed by atoms with Crippen molar-refractivity contribution in [1.29, 1.82) is 0 Å². The van der Waals surface area contributed by atoms with Crippen molar-refractivity contribution in [2.75, 3.05) is 0 Å².